The number of likely N-dealkylation sites (tertiary alicyclic amines) is 1. The minimum Gasteiger partial charge on any atom is -0.508 e. The average molecular weight is 262 g/mol. The summed E-state index contributed by atoms with van der Waals surface area (Å²) in [4.78, 5) is 14.4. The molecular formula is C15H22N2O2. The summed E-state index contributed by atoms with van der Waals surface area (Å²) in [5.74, 6) is 0.207. The molecular weight excluding hydrogens is 240 g/mol. The summed E-state index contributed by atoms with van der Waals surface area (Å²) in [5.41, 5.74) is 6.90. The molecule has 0 aromatic heterocycles. The number of phenols is 1. The van der Waals surface area contributed by atoms with Crippen LogP contribution in [0.1, 0.15) is 41.6 Å². The van der Waals surface area contributed by atoms with E-state index in [-0.39, 0.29) is 11.7 Å². The van der Waals surface area contributed by atoms with E-state index in [1.54, 1.807) is 18.2 Å². The Morgan fingerprint density at radius 2 is 2.32 bits per heavy atom. The van der Waals surface area contributed by atoms with Crippen molar-refractivity contribution in [2.24, 2.45) is 5.73 Å². The van der Waals surface area contributed by atoms with E-state index in [4.69, 9.17) is 5.73 Å². The van der Waals surface area contributed by atoms with E-state index >= 15 is 0 Å². The average Bonchev–Trinajstić information content (AvgIpc) is 2.87. The van der Waals surface area contributed by atoms with Crippen molar-refractivity contribution in [3.63, 3.8) is 0 Å². The molecule has 4 nitrogen and oxygen atoms in total. The van der Waals surface area contributed by atoms with Gasteiger partial charge in [-0.05, 0) is 56.8 Å². The molecule has 1 unspecified atom stereocenters. The first-order valence-electron chi connectivity index (χ1n) is 6.94. The predicted molar refractivity (Wildman–Crippen MR) is 75.2 cm³/mol. The Balaban J connectivity index is 2.11. The molecule has 1 amide bonds. The van der Waals surface area contributed by atoms with Gasteiger partial charge in [-0.15, -0.1) is 0 Å². The minimum atomic E-state index is 0.0230. The summed E-state index contributed by atoms with van der Waals surface area (Å²) < 4.78 is 0. The second-order valence-electron chi connectivity index (χ2n) is 5.23. The quantitative estimate of drug-likeness (QED) is 0.872. The lowest BCUT2D eigenvalue weighted by atomic mass is 10.1. The third kappa shape index (κ3) is 3.07. The van der Waals surface area contributed by atoms with Crippen LogP contribution in [0.5, 0.6) is 5.75 Å². The van der Waals surface area contributed by atoms with E-state index in [1.165, 1.54) is 0 Å². The van der Waals surface area contributed by atoms with Gasteiger partial charge in [-0.2, -0.15) is 0 Å². The molecule has 1 aliphatic rings. The monoisotopic (exact) mass is 262 g/mol. The molecule has 1 atom stereocenters. The summed E-state index contributed by atoms with van der Waals surface area (Å²) >= 11 is 0. The van der Waals surface area contributed by atoms with Gasteiger partial charge in [-0.1, -0.05) is 6.07 Å². The van der Waals surface area contributed by atoms with Crippen LogP contribution in [0, 0.1) is 6.92 Å². The molecule has 0 bridgehead atoms. The van der Waals surface area contributed by atoms with Crippen molar-refractivity contribution in [3.8, 4) is 5.75 Å². The lowest BCUT2D eigenvalue weighted by Gasteiger charge is -2.25. The number of aryl methyl sites for hydroxylation is 1. The third-order valence-corrected chi connectivity index (χ3v) is 3.84. The highest BCUT2D eigenvalue weighted by Crippen LogP contribution is 2.25. The van der Waals surface area contributed by atoms with Crippen molar-refractivity contribution < 1.29 is 9.90 Å². The van der Waals surface area contributed by atoms with Crippen LogP contribution >= 0.6 is 0 Å². The molecule has 0 aliphatic carbocycles. The Morgan fingerprint density at radius 1 is 1.53 bits per heavy atom. The number of phenolic OH excluding ortho intramolecular Hbond substituents is 1. The van der Waals surface area contributed by atoms with Crippen molar-refractivity contribution in [2.45, 2.75) is 38.6 Å². The molecule has 4 heteroatoms. The van der Waals surface area contributed by atoms with E-state index in [9.17, 15) is 9.90 Å². The number of rotatable bonds is 4. The molecule has 2 rings (SSSR count). The predicted octanol–water partition coefficient (Wildman–Crippen LogP) is 2.04. The topological polar surface area (TPSA) is 66.6 Å². The van der Waals surface area contributed by atoms with Gasteiger partial charge in [-0.3, -0.25) is 4.79 Å². The van der Waals surface area contributed by atoms with Crippen LogP contribution in [0.25, 0.3) is 0 Å². The van der Waals surface area contributed by atoms with Crippen molar-refractivity contribution >= 4 is 5.91 Å². The van der Waals surface area contributed by atoms with Crippen molar-refractivity contribution in [1.29, 1.82) is 0 Å². The SMILES string of the molecule is Cc1ccc(C(=O)N2CCCC2CCCN)cc1O. The molecule has 1 aliphatic heterocycles. The van der Waals surface area contributed by atoms with Gasteiger partial charge in [0.25, 0.3) is 5.91 Å². The van der Waals surface area contributed by atoms with Crippen LogP contribution in [0.4, 0.5) is 0 Å². The Labute approximate surface area is 114 Å². The fourth-order valence-corrected chi connectivity index (χ4v) is 2.66. The molecule has 0 spiro atoms. The normalized spacial score (nSPS) is 18.8. The second kappa shape index (κ2) is 6.06. The molecule has 19 heavy (non-hydrogen) atoms. The van der Waals surface area contributed by atoms with Crippen molar-refractivity contribution in [3.05, 3.63) is 29.3 Å². The van der Waals surface area contributed by atoms with E-state index in [0.29, 0.717) is 18.2 Å². The number of benzene rings is 1. The maximum Gasteiger partial charge on any atom is 0.254 e. The third-order valence-electron chi connectivity index (χ3n) is 3.84. The summed E-state index contributed by atoms with van der Waals surface area (Å²) in [6.07, 6.45) is 4.04. The molecule has 0 radical (unpaired) electrons. The Morgan fingerprint density at radius 3 is 3.00 bits per heavy atom. The number of nitrogens with two attached hydrogens (primary N) is 1. The highest BCUT2D eigenvalue weighted by Gasteiger charge is 2.28. The zero-order chi connectivity index (χ0) is 13.8. The molecule has 1 fully saturated rings. The Kier molecular flexibility index (Phi) is 4.43. The number of carbonyl (C=O) groups is 1. The van der Waals surface area contributed by atoms with E-state index in [2.05, 4.69) is 0 Å². The smallest absolute Gasteiger partial charge is 0.254 e. The number of nitrogens with zero attached hydrogens (tertiary/aromatic N) is 1. The first kappa shape index (κ1) is 13.9. The van der Waals surface area contributed by atoms with Crippen LogP contribution in [0.15, 0.2) is 18.2 Å². The van der Waals surface area contributed by atoms with Gasteiger partial charge in [0.2, 0.25) is 0 Å². The number of amides is 1. The van der Waals surface area contributed by atoms with Crippen LogP contribution in [0.3, 0.4) is 0 Å². The maximum absolute atomic E-state index is 12.5. The minimum absolute atomic E-state index is 0.0230. The van der Waals surface area contributed by atoms with E-state index in [0.717, 1.165) is 37.8 Å². The fourth-order valence-electron chi connectivity index (χ4n) is 2.66. The number of carbonyl (C=O) groups excluding carboxylic acids is 1. The Hall–Kier alpha value is -1.55. The highest BCUT2D eigenvalue weighted by atomic mass is 16.3. The van der Waals surface area contributed by atoms with Gasteiger partial charge < -0.3 is 15.7 Å². The van der Waals surface area contributed by atoms with Gasteiger partial charge in [0.1, 0.15) is 5.75 Å². The van der Waals surface area contributed by atoms with Gasteiger partial charge in [0.15, 0.2) is 0 Å². The van der Waals surface area contributed by atoms with Crippen LogP contribution in [-0.4, -0.2) is 35.0 Å². The zero-order valence-electron chi connectivity index (χ0n) is 11.4. The molecule has 3 N–H and O–H groups in total. The zero-order valence-corrected chi connectivity index (χ0v) is 11.4. The van der Waals surface area contributed by atoms with Gasteiger partial charge in [-0.25, -0.2) is 0 Å². The van der Waals surface area contributed by atoms with Crippen LogP contribution in [-0.2, 0) is 0 Å². The van der Waals surface area contributed by atoms with Gasteiger partial charge >= 0.3 is 0 Å². The summed E-state index contributed by atoms with van der Waals surface area (Å²) in [6, 6.07) is 5.44. The highest BCUT2D eigenvalue weighted by molar-refractivity contribution is 5.95. The van der Waals surface area contributed by atoms with Crippen molar-refractivity contribution in [2.75, 3.05) is 13.1 Å². The van der Waals surface area contributed by atoms with Gasteiger partial charge in [0, 0.05) is 18.2 Å². The fraction of sp³-hybridized carbons (Fsp3) is 0.533. The first-order valence-corrected chi connectivity index (χ1v) is 6.94. The maximum atomic E-state index is 12.5. The number of hydrogen-bond donors (Lipinski definition) is 2. The molecule has 1 aromatic rings. The lowest BCUT2D eigenvalue weighted by Crippen LogP contribution is -2.35. The largest absolute Gasteiger partial charge is 0.508 e. The number of aromatic hydroxyl groups is 1. The van der Waals surface area contributed by atoms with Crippen LogP contribution in [0.2, 0.25) is 0 Å². The molecule has 1 aromatic carbocycles. The molecule has 104 valence electrons. The van der Waals surface area contributed by atoms with E-state index < -0.39 is 0 Å². The summed E-state index contributed by atoms with van der Waals surface area (Å²) in [6.45, 7) is 3.30. The lowest BCUT2D eigenvalue weighted by molar-refractivity contribution is 0.0729. The molecule has 1 saturated heterocycles. The molecule has 1 heterocycles. The molecule has 0 saturated carbocycles. The Bertz CT molecular complexity index is 459. The van der Waals surface area contributed by atoms with Crippen LogP contribution < -0.4 is 5.73 Å². The van der Waals surface area contributed by atoms with E-state index in [1.807, 2.05) is 11.8 Å². The summed E-state index contributed by atoms with van der Waals surface area (Å²) in [5, 5.41) is 9.71. The second-order valence-corrected chi connectivity index (χ2v) is 5.23. The van der Waals surface area contributed by atoms with Crippen molar-refractivity contribution in [1.82, 2.24) is 4.90 Å². The first-order chi connectivity index (χ1) is 9.13. The number of hydrogen-bond acceptors (Lipinski definition) is 3. The van der Waals surface area contributed by atoms with Gasteiger partial charge in [0.05, 0.1) is 0 Å². The summed E-state index contributed by atoms with van der Waals surface area (Å²) in [7, 11) is 0. The standard InChI is InChI=1S/C15H22N2O2/c1-11-6-7-12(10-14(11)18)15(19)17-9-3-5-13(17)4-2-8-16/h6-7,10,13,18H,2-5,8-9,16H2,1H3.